The first-order chi connectivity index (χ1) is 17.4. The number of aromatic nitrogens is 3. The van der Waals surface area contributed by atoms with Crippen molar-refractivity contribution >= 4 is 22.5 Å². The third-order valence-electron chi connectivity index (χ3n) is 7.42. The first-order valence-electron chi connectivity index (χ1n) is 13.2. The number of aromatic amines is 1. The molecule has 1 saturated carbocycles. The van der Waals surface area contributed by atoms with Gasteiger partial charge >= 0.3 is 0 Å². The van der Waals surface area contributed by atoms with Crippen molar-refractivity contribution in [2.24, 2.45) is 0 Å². The lowest BCUT2D eigenvalue weighted by Crippen LogP contribution is -2.53. The van der Waals surface area contributed by atoms with Gasteiger partial charge in [-0.25, -0.2) is 9.97 Å². The molecule has 186 valence electrons. The number of nitrogens with zero attached hydrogens (tertiary/aromatic N) is 3. The minimum absolute atomic E-state index is 0.519. The van der Waals surface area contributed by atoms with E-state index in [1.807, 2.05) is 6.20 Å². The second-order valence-corrected chi connectivity index (χ2v) is 11.0. The molecule has 2 fully saturated rings. The Morgan fingerprint density at radius 3 is 2.61 bits per heavy atom. The van der Waals surface area contributed by atoms with Crippen molar-refractivity contribution in [1.29, 1.82) is 0 Å². The van der Waals surface area contributed by atoms with E-state index in [1.54, 1.807) is 0 Å². The van der Waals surface area contributed by atoms with E-state index in [0.29, 0.717) is 23.9 Å². The monoisotopic (exact) mass is 480 g/mol. The van der Waals surface area contributed by atoms with E-state index in [0.717, 1.165) is 47.7 Å². The van der Waals surface area contributed by atoms with Crippen molar-refractivity contribution in [3.05, 3.63) is 71.0 Å². The Balaban J connectivity index is 1.29. The quantitative estimate of drug-likeness (QED) is 0.314. The molecule has 0 amide bonds. The van der Waals surface area contributed by atoms with Crippen LogP contribution in [0, 0.1) is 13.8 Å². The number of H-pyrrole nitrogens is 1. The normalized spacial score (nSPS) is 20.7. The zero-order valence-electron chi connectivity index (χ0n) is 21.7. The highest BCUT2D eigenvalue weighted by atomic mass is 15.2. The van der Waals surface area contributed by atoms with Crippen LogP contribution < -0.4 is 10.6 Å². The van der Waals surface area contributed by atoms with Crippen LogP contribution in [0.5, 0.6) is 0 Å². The van der Waals surface area contributed by atoms with Gasteiger partial charge in [-0.05, 0) is 86.9 Å². The lowest BCUT2D eigenvalue weighted by atomic mass is 10.0. The summed E-state index contributed by atoms with van der Waals surface area (Å²) in [7, 11) is 0. The number of fused-ring (bicyclic) bond motifs is 1. The second-order valence-electron chi connectivity index (χ2n) is 11.0. The van der Waals surface area contributed by atoms with Crippen LogP contribution >= 0.6 is 0 Å². The molecular formula is C30H36N6. The molecule has 6 heteroatoms. The van der Waals surface area contributed by atoms with Gasteiger partial charge in [0.05, 0.1) is 5.69 Å². The predicted octanol–water partition coefficient (Wildman–Crippen LogP) is 6.04. The SMILES string of the molecule is Cc1ccc2c(-c3nc(Nc4cc(CN5C[C@@H](C)N[C@@H](C)C5)cc(C5CC5)c4)ncc3C)c[nH]c2c1. The predicted molar refractivity (Wildman–Crippen MR) is 148 cm³/mol. The van der Waals surface area contributed by atoms with Gasteiger partial charge in [-0.15, -0.1) is 0 Å². The van der Waals surface area contributed by atoms with E-state index >= 15 is 0 Å². The van der Waals surface area contributed by atoms with E-state index in [1.165, 1.54) is 34.9 Å². The minimum Gasteiger partial charge on any atom is -0.360 e. The van der Waals surface area contributed by atoms with Crippen molar-refractivity contribution in [3.63, 3.8) is 0 Å². The van der Waals surface area contributed by atoms with Crippen molar-refractivity contribution in [3.8, 4) is 11.3 Å². The number of benzene rings is 2. The number of hydrogen-bond acceptors (Lipinski definition) is 5. The fourth-order valence-corrected chi connectivity index (χ4v) is 5.70. The van der Waals surface area contributed by atoms with Crippen LogP contribution in [0.3, 0.4) is 0 Å². The zero-order chi connectivity index (χ0) is 24.8. The molecule has 2 atom stereocenters. The molecule has 2 aromatic heterocycles. The maximum absolute atomic E-state index is 4.98. The van der Waals surface area contributed by atoms with Gasteiger partial charge in [0.25, 0.3) is 0 Å². The van der Waals surface area contributed by atoms with E-state index in [-0.39, 0.29) is 0 Å². The van der Waals surface area contributed by atoms with Crippen LogP contribution in [0.1, 0.15) is 54.9 Å². The van der Waals surface area contributed by atoms with Gasteiger partial charge in [0.2, 0.25) is 5.95 Å². The molecule has 3 heterocycles. The maximum atomic E-state index is 4.98. The largest absolute Gasteiger partial charge is 0.360 e. The van der Waals surface area contributed by atoms with Crippen molar-refractivity contribution in [2.45, 2.75) is 65.1 Å². The lowest BCUT2D eigenvalue weighted by molar-refractivity contribution is 0.166. The molecule has 3 N–H and O–H groups in total. The average Bonchev–Trinajstić information content (AvgIpc) is 3.60. The molecule has 0 bridgehead atoms. The molecule has 2 aromatic carbocycles. The van der Waals surface area contributed by atoms with Crippen LogP contribution in [0.25, 0.3) is 22.2 Å². The Morgan fingerprint density at radius 1 is 1.03 bits per heavy atom. The molecule has 4 aromatic rings. The summed E-state index contributed by atoms with van der Waals surface area (Å²) in [6, 6.07) is 14.5. The Morgan fingerprint density at radius 2 is 1.83 bits per heavy atom. The van der Waals surface area contributed by atoms with E-state index in [2.05, 4.69) is 95.8 Å². The molecule has 0 radical (unpaired) electrons. The Bertz CT molecular complexity index is 1390. The number of anilines is 2. The summed E-state index contributed by atoms with van der Waals surface area (Å²) in [6.07, 6.45) is 6.56. The molecular weight excluding hydrogens is 444 g/mol. The maximum Gasteiger partial charge on any atom is 0.227 e. The molecule has 0 unspecified atom stereocenters. The summed E-state index contributed by atoms with van der Waals surface area (Å²) in [4.78, 5) is 15.6. The second kappa shape index (κ2) is 9.34. The van der Waals surface area contributed by atoms with E-state index < -0.39 is 0 Å². The molecule has 36 heavy (non-hydrogen) atoms. The third kappa shape index (κ3) is 4.88. The summed E-state index contributed by atoms with van der Waals surface area (Å²) < 4.78 is 0. The Hall–Kier alpha value is -3.22. The Kier molecular flexibility index (Phi) is 6.02. The number of nitrogens with one attached hydrogen (secondary N) is 3. The molecule has 1 aliphatic heterocycles. The van der Waals surface area contributed by atoms with E-state index in [4.69, 9.17) is 4.98 Å². The highest BCUT2D eigenvalue weighted by Gasteiger charge is 2.26. The number of rotatable bonds is 6. The van der Waals surface area contributed by atoms with Crippen molar-refractivity contribution in [1.82, 2.24) is 25.2 Å². The lowest BCUT2D eigenvalue weighted by Gasteiger charge is -2.36. The molecule has 0 spiro atoms. The highest BCUT2D eigenvalue weighted by Crippen LogP contribution is 2.41. The smallest absolute Gasteiger partial charge is 0.227 e. The van der Waals surface area contributed by atoms with E-state index in [9.17, 15) is 0 Å². The van der Waals surface area contributed by atoms with Gasteiger partial charge < -0.3 is 15.6 Å². The van der Waals surface area contributed by atoms with Gasteiger partial charge in [0.15, 0.2) is 0 Å². The number of aryl methyl sites for hydroxylation is 2. The highest BCUT2D eigenvalue weighted by molar-refractivity contribution is 5.95. The van der Waals surface area contributed by atoms with Gasteiger partial charge in [-0.2, -0.15) is 0 Å². The summed E-state index contributed by atoms with van der Waals surface area (Å²) in [5, 5.41) is 8.37. The van der Waals surface area contributed by atoms with Crippen LogP contribution in [-0.4, -0.2) is 45.0 Å². The van der Waals surface area contributed by atoms with Gasteiger partial charge in [-0.3, -0.25) is 4.90 Å². The van der Waals surface area contributed by atoms with Crippen LogP contribution in [-0.2, 0) is 6.54 Å². The van der Waals surface area contributed by atoms with Crippen molar-refractivity contribution in [2.75, 3.05) is 18.4 Å². The first-order valence-corrected chi connectivity index (χ1v) is 13.2. The van der Waals surface area contributed by atoms with Crippen molar-refractivity contribution < 1.29 is 0 Å². The fourth-order valence-electron chi connectivity index (χ4n) is 5.70. The third-order valence-corrected chi connectivity index (χ3v) is 7.42. The topological polar surface area (TPSA) is 68.9 Å². The molecule has 1 aliphatic carbocycles. The van der Waals surface area contributed by atoms with Gasteiger partial charge in [0, 0.05) is 66.3 Å². The van der Waals surface area contributed by atoms with Crippen LogP contribution in [0.2, 0.25) is 0 Å². The summed E-state index contributed by atoms with van der Waals surface area (Å²) in [5.41, 5.74) is 9.40. The first kappa shape index (κ1) is 23.2. The average molecular weight is 481 g/mol. The zero-order valence-corrected chi connectivity index (χ0v) is 21.7. The van der Waals surface area contributed by atoms with Gasteiger partial charge in [0.1, 0.15) is 0 Å². The van der Waals surface area contributed by atoms with Gasteiger partial charge in [-0.1, -0.05) is 18.2 Å². The number of piperazine rings is 1. The summed E-state index contributed by atoms with van der Waals surface area (Å²) >= 11 is 0. The minimum atomic E-state index is 0.519. The number of hydrogen-bond donors (Lipinski definition) is 3. The van der Waals surface area contributed by atoms with Crippen LogP contribution in [0.4, 0.5) is 11.6 Å². The van der Waals surface area contributed by atoms with Crippen LogP contribution in [0.15, 0.2) is 48.8 Å². The molecule has 1 saturated heterocycles. The fraction of sp³-hybridized carbons (Fsp3) is 0.400. The molecule has 6 nitrogen and oxygen atoms in total. The molecule has 6 rings (SSSR count). The Labute approximate surface area is 213 Å². The standard InChI is InChI=1S/C30H36N6/c1-18-5-8-26-27(14-31-28(26)9-18)29-19(2)13-32-30(35-29)34-25-11-22(10-24(12-25)23-6-7-23)17-36-15-20(3)33-21(4)16-36/h5,8-14,20-21,23,31,33H,6-7,15-17H2,1-4H3,(H,32,34,35)/t20-,21+. The summed E-state index contributed by atoms with van der Waals surface area (Å²) in [5.74, 6) is 1.33. The summed E-state index contributed by atoms with van der Waals surface area (Å²) in [6.45, 7) is 11.9. The molecule has 2 aliphatic rings.